The number of carbonyl (C=O) groups excluding carboxylic acids is 3. The van der Waals surface area contributed by atoms with E-state index >= 15 is 0 Å². The Morgan fingerprint density at radius 1 is 1.28 bits per heavy atom. The maximum atomic E-state index is 12.8. The number of benzene rings is 1. The number of nitrogens with one attached hydrogen (secondary N) is 2. The number of nitriles is 1. The van der Waals surface area contributed by atoms with E-state index in [0.29, 0.717) is 31.7 Å². The number of ether oxygens (including phenoxy) is 1. The minimum atomic E-state index is -0.754. The van der Waals surface area contributed by atoms with Crippen molar-refractivity contribution in [2.45, 2.75) is 44.2 Å². The first-order valence-corrected chi connectivity index (χ1v) is 10.0. The van der Waals surface area contributed by atoms with Crippen molar-refractivity contribution in [2.24, 2.45) is 5.92 Å². The zero-order chi connectivity index (χ0) is 20.6. The summed E-state index contributed by atoms with van der Waals surface area (Å²) in [7, 11) is 0. The monoisotopic (exact) mass is 398 g/mol. The third kappa shape index (κ3) is 5.47. The van der Waals surface area contributed by atoms with Gasteiger partial charge in [-0.3, -0.25) is 14.4 Å². The van der Waals surface area contributed by atoms with Crippen LogP contribution in [0.15, 0.2) is 30.3 Å². The summed E-state index contributed by atoms with van der Waals surface area (Å²) in [5.41, 5.74) is 0. The van der Waals surface area contributed by atoms with Crippen molar-refractivity contribution in [1.29, 1.82) is 5.26 Å². The van der Waals surface area contributed by atoms with Crippen LogP contribution in [0.1, 0.15) is 32.1 Å². The minimum absolute atomic E-state index is 0.0768. The summed E-state index contributed by atoms with van der Waals surface area (Å²) in [5, 5.41) is 14.9. The summed E-state index contributed by atoms with van der Waals surface area (Å²) in [5.74, 6) is -0.339. The number of nitrogens with zero attached hydrogens (tertiary/aromatic N) is 2. The molecule has 3 amide bonds. The van der Waals surface area contributed by atoms with E-state index in [9.17, 15) is 19.6 Å². The Bertz CT molecular complexity index is 777. The molecule has 8 heteroatoms. The molecule has 0 radical (unpaired) electrons. The Hall–Kier alpha value is -3.08. The molecule has 2 saturated heterocycles. The molecule has 3 rings (SSSR count). The van der Waals surface area contributed by atoms with E-state index in [2.05, 4.69) is 16.7 Å². The van der Waals surface area contributed by atoms with Crippen LogP contribution in [-0.4, -0.2) is 54.4 Å². The normalized spacial score (nSPS) is 22.3. The number of hydrogen-bond donors (Lipinski definition) is 2. The lowest BCUT2D eigenvalue weighted by molar-refractivity contribution is -0.144. The summed E-state index contributed by atoms with van der Waals surface area (Å²) in [6.45, 7) is 0.941. The summed E-state index contributed by atoms with van der Waals surface area (Å²) in [6.07, 6.45) is 3.16. The summed E-state index contributed by atoms with van der Waals surface area (Å²) >= 11 is 0. The van der Waals surface area contributed by atoms with Crippen LogP contribution in [-0.2, 0) is 14.4 Å². The van der Waals surface area contributed by atoms with Crippen molar-refractivity contribution in [3.63, 3.8) is 0 Å². The molecular weight excluding hydrogens is 372 g/mol. The highest BCUT2D eigenvalue weighted by atomic mass is 16.5. The smallest absolute Gasteiger partial charge is 0.261 e. The highest BCUT2D eigenvalue weighted by Gasteiger charge is 2.34. The molecule has 0 bridgehead atoms. The second-order valence-corrected chi connectivity index (χ2v) is 7.40. The van der Waals surface area contributed by atoms with E-state index in [1.165, 1.54) is 0 Å². The van der Waals surface area contributed by atoms with Gasteiger partial charge < -0.3 is 20.3 Å². The Morgan fingerprint density at radius 3 is 2.76 bits per heavy atom. The van der Waals surface area contributed by atoms with Crippen molar-refractivity contribution < 1.29 is 19.1 Å². The standard InChI is InChI=1S/C21H26N4O4/c22-13-16(12-15-9-10-23-20(15)27)24-21(28)18-8-4-5-11-25(18)19(26)14-29-17-6-2-1-3-7-17/h1-3,6-7,15-16,18H,4-5,8-12,14H2,(H,23,27)(H,24,28)/t15-,16-,18-/m0/s1. The van der Waals surface area contributed by atoms with Crippen LogP contribution < -0.4 is 15.4 Å². The van der Waals surface area contributed by atoms with Gasteiger partial charge in [-0.05, 0) is 44.2 Å². The molecule has 0 aliphatic carbocycles. The molecule has 29 heavy (non-hydrogen) atoms. The maximum Gasteiger partial charge on any atom is 0.261 e. The van der Waals surface area contributed by atoms with E-state index in [1.807, 2.05) is 18.2 Å². The fourth-order valence-corrected chi connectivity index (χ4v) is 3.81. The summed E-state index contributed by atoms with van der Waals surface area (Å²) in [4.78, 5) is 38.8. The average molecular weight is 398 g/mol. The number of carbonyl (C=O) groups is 3. The molecule has 2 N–H and O–H groups in total. The molecule has 1 aromatic rings. The molecule has 0 unspecified atom stereocenters. The van der Waals surface area contributed by atoms with Crippen LogP contribution in [0.2, 0.25) is 0 Å². The van der Waals surface area contributed by atoms with Crippen molar-refractivity contribution >= 4 is 17.7 Å². The summed E-state index contributed by atoms with van der Waals surface area (Å²) < 4.78 is 5.53. The third-order valence-electron chi connectivity index (χ3n) is 5.39. The fraction of sp³-hybridized carbons (Fsp3) is 0.524. The second-order valence-electron chi connectivity index (χ2n) is 7.40. The van der Waals surface area contributed by atoms with Crippen LogP contribution in [0.25, 0.3) is 0 Å². The van der Waals surface area contributed by atoms with Crippen LogP contribution in [0.4, 0.5) is 0 Å². The Kier molecular flexibility index (Phi) is 7.06. The molecule has 8 nitrogen and oxygen atoms in total. The van der Waals surface area contributed by atoms with Gasteiger partial charge in [0.05, 0.1) is 6.07 Å². The van der Waals surface area contributed by atoms with Crippen LogP contribution >= 0.6 is 0 Å². The molecule has 2 heterocycles. The lowest BCUT2D eigenvalue weighted by Crippen LogP contribution is -2.54. The number of piperidine rings is 1. The molecule has 1 aromatic carbocycles. The highest BCUT2D eigenvalue weighted by Crippen LogP contribution is 2.20. The van der Waals surface area contributed by atoms with Crippen molar-refractivity contribution in [2.75, 3.05) is 19.7 Å². The van der Waals surface area contributed by atoms with Gasteiger partial charge in [-0.1, -0.05) is 18.2 Å². The number of para-hydroxylation sites is 1. The van der Waals surface area contributed by atoms with E-state index in [0.717, 1.165) is 12.8 Å². The van der Waals surface area contributed by atoms with Gasteiger partial charge in [0, 0.05) is 19.0 Å². The number of rotatable bonds is 7. The van der Waals surface area contributed by atoms with Crippen LogP contribution in [0, 0.1) is 17.2 Å². The van der Waals surface area contributed by atoms with E-state index in [1.54, 1.807) is 17.0 Å². The SMILES string of the molecule is N#C[C@H](C[C@@H]1CCNC1=O)NC(=O)[C@@H]1CCCCN1C(=O)COc1ccccc1. The quantitative estimate of drug-likeness (QED) is 0.711. The van der Waals surface area contributed by atoms with Crippen molar-refractivity contribution in [1.82, 2.24) is 15.5 Å². The molecule has 3 atom stereocenters. The van der Waals surface area contributed by atoms with Crippen LogP contribution in [0.3, 0.4) is 0 Å². The molecule has 2 aliphatic heterocycles. The fourth-order valence-electron chi connectivity index (χ4n) is 3.81. The van der Waals surface area contributed by atoms with E-state index in [-0.39, 0.29) is 36.7 Å². The van der Waals surface area contributed by atoms with Crippen molar-refractivity contribution in [3.8, 4) is 11.8 Å². The summed E-state index contributed by atoms with van der Waals surface area (Å²) in [6, 6.07) is 9.74. The Labute approximate surface area is 170 Å². The zero-order valence-corrected chi connectivity index (χ0v) is 16.3. The molecule has 0 aromatic heterocycles. The molecule has 2 fully saturated rings. The van der Waals surface area contributed by atoms with Gasteiger partial charge >= 0.3 is 0 Å². The van der Waals surface area contributed by atoms with Gasteiger partial charge in [-0.2, -0.15) is 5.26 Å². The Morgan fingerprint density at radius 2 is 2.07 bits per heavy atom. The topological polar surface area (TPSA) is 112 Å². The number of hydrogen-bond acceptors (Lipinski definition) is 5. The molecular formula is C21H26N4O4. The molecule has 0 saturated carbocycles. The first-order valence-electron chi connectivity index (χ1n) is 10.0. The third-order valence-corrected chi connectivity index (χ3v) is 5.39. The maximum absolute atomic E-state index is 12.8. The lowest BCUT2D eigenvalue weighted by Gasteiger charge is -2.35. The van der Waals surface area contributed by atoms with Gasteiger partial charge in [0.15, 0.2) is 6.61 Å². The van der Waals surface area contributed by atoms with Gasteiger partial charge in [0.1, 0.15) is 17.8 Å². The van der Waals surface area contributed by atoms with Gasteiger partial charge in [-0.25, -0.2) is 0 Å². The number of amides is 3. The van der Waals surface area contributed by atoms with Crippen LogP contribution in [0.5, 0.6) is 5.75 Å². The van der Waals surface area contributed by atoms with Gasteiger partial charge in [0.2, 0.25) is 11.8 Å². The van der Waals surface area contributed by atoms with Gasteiger partial charge in [-0.15, -0.1) is 0 Å². The predicted molar refractivity (Wildman–Crippen MR) is 105 cm³/mol. The number of likely N-dealkylation sites (tertiary alicyclic amines) is 1. The molecule has 2 aliphatic rings. The average Bonchev–Trinajstić information content (AvgIpc) is 3.16. The minimum Gasteiger partial charge on any atom is -0.484 e. The van der Waals surface area contributed by atoms with E-state index < -0.39 is 12.1 Å². The molecule has 154 valence electrons. The van der Waals surface area contributed by atoms with Crippen molar-refractivity contribution in [3.05, 3.63) is 30.3 Å². The predicted octanol–water partition coefficient (Wildman–Crippen LogP) is 0.981. The first-order chi connectivity index (χ1) is 14.1. The molecule has 0 spiro atoms. The first kappa shape index (κ1) is 20.6. The second kappa shape index (κ2) is 9.92. The largest absolute Gasteiger partial charge is 0.484 e. The zero-order valence-electron chi connectivity index (χ0n) is 16.3. The lowest BCUT2D eigenvalue weighted by atomic mass is 9.97. The highest BCUT2D eigenvalue weighted by molar-refractivity contribution is 5.89. The van der Waals surface area contributed by atoms with Gasteiger partial charge in [0.25, 0.3) is 5.91 Å². The van der Waals surface area contributed by atoms with E-state index in [4.69, 9.17) is 4.74 Å². The Balaban J connectivity index is 1.57.